The van der Waals surface area contributed by atoms with Crippen LogP contribution in [0.15, 0.2) is 0 Å². The molecule has 104 valence electrons. The third-order valence-corrected chi connectivity index (χ3v) is 4.15. The van der Waals surface area contributed by atoms with Gasteiger partial charge in [-0.05, 0) is 77.9 Å². The lowest BCUT2D eigenvalue weighted by Gasteiger charge is -2.32. The van der Waals surface area contributed by atoms with E-state index >= 15 is 0 Å². The summed E-state index contributed by atoms with van der Waals surface area (Å²) in [5.74, 6) is -0.0572. The second-order valence-corrected chi connectivity index (χ2v) is 7.03. The Morgan fingerprint density at radius 1 is 1.17 bits per heavy atom. The molecule has 18 heavy (non-hydrogen) atoms. The lowest BCUT2D eigenvalue weighted by Crippen LogP contribution is -2.35. The maximum Gasteiger partial charge on any atom is 0.306 e. The van der Waals surface area contributed by atoms with E-state index in [4.69, 9.17) is 4.74 Å². The minimum atomic E-state index is -0.347. The van der Waals surface area contributed by atoms with E-state index in [0.29, 0.717) is 6.42 Å². The Labute approximate surface area is 111 Å². The monoisotopic (exact) mass is 253 g/mol. The van der Waals surface area contributed by atoms with Gasteiger partial charge in [0.2, 0.25) is 0 Å². The van der Waals surface area contributed by atoms with Gasteiger partial charge in [0.05, 0.1) is 0 Å². The average Bonchev–Trinajstić information content (AvgIpc) is 2.99. The van der Waals surface area contributed by atoms with Gasteiger partial charge in [-0.2, -0.15) is 0 Å². The molecule has 0 unspecified atom stereocenters. The molecular formula is C15H27NO2. The summed E-state index contributed by atoms with van der Waals surface area (Å²) in [4.78, 5) is 14.1. The van der Waals surface area contributed by atoms with Crippen LogP contribution in [0.4, 0.5) is 0 Å². The predicted molar refractivity (Wildman–Crippen MR) is 72.4 cm³/mol. The van der Waals surface area contributed by atoms with Crippen LogP contribution in [0, 0.1) is 5.41 Å². The van der Waals surface area contributed by atoms with Crippen molar-refractivity contribution in [2.24, 2.45) is 5.41 Å². The molecule has 0 amide bonds. The van der Waals surface area contributed by atoms with Gasteiger partial charge in [-0.15, -0.1) is 0 Å². The highest BCUT2D eigenvalue weighted by Gasteiger charge is 2.44. The average molecular weight is 253 g/mol. The van der Waals surface area contributed by atoms with Crippen molar-refractivity contribution in [3.63, 3.8) is 0 Å². The first-order valence-corrected chi connectivity index (χ1v) is 7.33. The van der Waals surface area contributed by atoms with E-state index in [0.717, 1.165) is 18.4 Å². The summed E-state index contributed by atoms with van der Waals surface area (Å²) in [5.41, 5.74) is 0.405. The van der Waals surface area contributed by atoms with Crippen molar-refractivity contribution >= 4 is 5.97 Å². The maximum absolute atomic E-state index is 11.6. The lowest BCUT2D eigenvalue weighted by atomic mass is 9.93. The third-order valence-electron chi connectivity index (χ3n) is 4.15. The fourth-order valence-corrected chi connectivity index (χ4v) is 2.77. The molecule has 1 saturated carbocycles. The van der Waals surface area contributed by atoms with Gasteiger partial charge in [-0.25, -0.2) is 0 Å². The summed E-state index contributed by atoms with van der Waals surface area (Å²) < 4.78 is 5.31. The minimum Gasteiger partial charge on any atom is -0.460 e. The number of hydrogen-bond acceptors (Lipinski definition) is 3. The molecule has 0 aromatic rings. The van der Waals surface area contributed by atoms with E-state index in [-0.39, 0.29) is 11.6 Å². The van der Waals surface area contributed by atoms with Crippen molar-refractivity contribution < 1.29 is 9.53 Å². The fraction of sp³-hybridized carbons (Fsp3) is 0.933. The Morgan fingerprint density at radius 2 is 1.78 bits per heavy atom. The van der Waals surface area contributed by atoms with Crippen LogP contribution in [-0.2, 0) is 9.53 Å². The molecule has 0 aromatic heterocycles. The van der Waals surface area contributed by atoms with Crippen molar-refractivity contribution in [1.82, 2.24) is 4.90 Å². The lowest BCUT2D eigenvalue weighted by molar-refractivity contribution is -0.155. The summed E-state index contributed by atoms with van der Waals surface area (Å²) in [6.45, 7) is 9.28. The number of esters is 1. The molecule has 0 radical (unpaired) electrons. The van der Waals surface area contributed by atoms with Crippen LogP contribution in [-0.4, -0.2) is 36.1 Å². The number of carbonyl (C=O) groups is 1. The van der Waals surface area contributed by atoms with E-state index in [9.17, 15) is 4.79 Å². The van der Waals surface area contributed by atoms with E-state index in [1.807, 2.05) is 20.8 Å². The highest BCUT2D eigenvalue weighted by atomic mass is 16.6. The highest BCUT2D eigenvalue weighted by molar-refractivity contribution is 5.69. The Hall–Kier alpha value is -0.570. The van der Waals surface area contributed by atoms with Gasteiger partial charge in [0.25, 0.3) is 0 Å². The fourth-order valence-electron chi connectivity index (χ4n) is 2.77. The SMILES string of the molecule is CC(C)(C)OC(=O)CCCN1CCC2(CC1)CC2. The van der Waals surface area contributed by atoms with Crippen molar-refractivity contribution in [1.29, 1.82) is 0 Å². The molecule has 2 rings (SSSR count). The molecule has 3 nitrogen and oxygen atoms in total. The van der Waals surface area contributed by atoms with Gasteiger partial charge in [0.15, 0.2) is 0 Å². The molecule has 1 saturated heterocycles. The molecule has 1 aliphatic heterocycles. The standard InChI is InChI=1S/C15H27NO2/c1-14(2,3)18-13(17)5-4-10-16-11-8-15(6-7-15)9-12-16/h4-12H2,1-3H3. The van der Waals surface area contributed by atoms with E-state index in [1.54, 1.807) is 0 Å². The first kappa shape index (κ1) is 13.9. The quantitative estimate of drug-likeness (QED) is 0.721. The number of ether oxygens (including phenoxy) is 1. The third kappa shape index (κ3) is 4.27. The Kier molecular flexibility index (Phi) is 4.00. The molecule has 0 aromatic carbocycles. The maximum atomic E-state index is 11.6. The van der Waals surface area contributed by atoms with Crippen molar-refractivity contribution in [2.45, 2.75) is 64.9 Å². The second-order valence-electron chi connectivity index (χ2n) is 7.03. The number of carbonyl (C=O) groups excluding carboxylic acids is 1. The van der Waals surface area contributed by atoms with E-state index in [2.05, 4.69) is 4.90 Å². The van der Waals surface area contributed by atoms with Crippen LogP contribution in [0.2, 0.25) is 0 Å². The minimum absolute atomic E-state index is 0.0572. The Balaban J connectivity index is 1.57. The van der Waals surface area contributed by atoms with E-state index in [1.165, 1.54) is 38.8 Å². The van der Waals surface area contributed by atoms with Gasteiger partial charge in [-0.1, -0.05) is 0 Å². The number of likely N-dealkylation sites (tertiary alicyclic amines) is 1. The normalized spacial score (nSPS) is 23.1. The summed E-state index contributed by atoms with van der Waals surface area (Å²) >= 11 is 0. The van der Waals surface area contributed by atoms with E-state index < -0.39 is 0 Å². The first-order valence-electron chi connectivity index (χ1n) is 7.33. The summed E-state index contributed by atoms with van der Waals surface area (Å²) in [6, 6.07) is 0. The zero-order valence-corrected chi connectivity index (χ0v) is 12.1. The van der Waals surface area contributed by atoms with Crippen molar-refractivity contribution in [3.8, 4) is 0 Å². The molecule has 2 aliphatic rings. The van der Waals surface area contributed by atoms with Crippen molar-refractivity contribution in [2.75, 3.05) is 19.6 Å². The largest absolute Gasteiger partial charge is 0.460 e. The van der Waals surface area contributed by atoms with Crippen LogP contribution in [0.3, 0.4) is 0 Å². The zero-order valence-electron chi connectivity index (χ0n) is 12.1. The molecule has 2 fully saturated rings. The number of nitrogens with zero attached hydrogens (tertiary/aromatic N) is 1. The summed E-state index contributed by atoms with van der Waals surface area (Å²) in [7, 11) is 0. The highest BCUT2D eigenvalue weighted by Crippen LogP contribution is 2.53. The summed E-state index contributed by atoms with van der Waals surface area (Å²) in [6.07, 6.45) is 7.15. The molecule has 0 atom stereocenters. The Bertz CT molecular complexity index is 292. The van der Waals surface area contributed by atoms with Crippen LogP contribution < -0.4 is 0 Å². The van der Waals surface area contributed by atoms with Crippen LogP contribution in [0.5, 0.6) is 0 Å². The summed E-state index contributed by atoms with van der Waals surface area (Å²) in [5, 5.41) is 0. The van der Waals surface area contributed by atoms with Gasteiger partial charge >= 0.3 is 5.97 Å². The van der Waals surface area contributed by atoms with Gasteiger partial charge in [0.1, 0.15) is 5.60 Å². The van der Waals surface area contributed by atoms with Crippen molar-refractivity contribution in [3.05, 3.63) is 0 Å². The number of hydrogen-bond donors (Lipinski definition) is 0. The first-order chi connectivity index (χ1) is 8.39. The predicted octanol–water partition coefficient (Wildman–Crippen LogP) is 2.98. The topological polar surface area (TPSA) is 29.5 Å². The Morgan fingerprint density at radius 3 is 2.28 bits per heavy atom. The molecule has 1 aliphatic carbocycles. The number of rotatable bonds is 4. The van der Waals surface area contributed by atoms with Gasteiger partial charge < -0.3 is 9.64 Å². The van der Waals surface area contributed by atoms with Crippen LogP contribution in [0.25, 0.3) is 0 Å². The molecule has 0 N–H and O–H groups in total. The zero-order chi connectivity index (χ0) is 13.2. The molecule has 3 heteroatoms. The second kappa shape index (κ2) is 5.20. The number of piperidine rings is 1. The smallest absolute Gasteiger partial charge is 0.306 e. The van der Waals surface area contributed by atoms with Crippen LogP contribution >= 0.6 is 0 Å². The molecule has 0 bridgehead atoms. The van der Waals surface area contributed by atoms with Gasteiger partial charge in [0, 0.05) is 6.42 Å². The molecular weight excluding hydrogens is 226 g/mol. The molecule has 1 heterocycles. The van der Waals surface area contributed by atoms with Gasteiger partial charge in [-0.3, -0.25) is 4.79 Å². The van der Waals surface area contributed by atoms with Crippen LogP contribution in [0.1, 0.15) is 59.3 Å². The molecule has 1 spiro atoms.